The molecule has 0 saturated heterocycles. The van der Waals surface area contributed by atoms with Crippen LogP contribution < -0.4 is 10.1 Å². The quantitative estimate of drug-likeness (QED) is 0.357. The summed E-state index contributed by atoms with van der Waals surface area (Å²) >= 11 is 13.7. The van der Waals surface area contributed by atoms with Crippen molar-refractivity contribution in [2.75, 3.05) is 0 Å². The average molecular weight is 459 g/mol. The molecule has 4 aromatic rings. The molecule has 0 saturated carbocycles. The van der Waals surface area contributed by atoms with Gasteiger partial charge in [-0.3, -0.25) is 4.79 Å². The third-order valence-electron chi connectivity index (χ3n) is 4.23. The van der Waals surface area contributed by atoms with Gasteiger partial charge in [-0.25, -0.2) is 4.98 Å². The summed E-state index contributed by atoms with van der Waals surface area (Å²) in [6, 6.07) is 16.4. The van der Waals surface area contributed by atoms with Gasteiger partial charge in [0.15, 0.2) is 0 Å². The number of aromatic nitrogens is 1. The van der Waals surface area contributed by atoms with Crippen molar-refractivity contribution >= 4 is 40.4 Å². The normalized spacial score (nSPS) is 10.7. The van der Waals surface area contributed by atoms with E-state index in [1.54, 1.807) is 29.8 Å². The van der Waals surface area contributed by atoms with Crippen molar-refractivity contribution in [3.05, 3.63) is 93.3 Å². The molecule has 0 atom stereocenters. The molecule has 0 aliphatic rings. The lowest BCUT2D eigenvalue weighted by molar-refractivity contribution is 0.0944. The van der Waals surface area contributed by atoms with E-state index in [1.807, 2.05) is 36.4 Å². The minimum atomic E-state index is -0.270. The molecule has 0 fully saturated rings. The van der Waals surface area contributed by atoms with E-state index in [-0.39, 0.29) is 5.91 Å². The van der Waals surface area contributed by atoms with Crippen molar-refractivity contribution in [3.63, 3.8) is 0 Å². The first-order valence-electron chi connectivity index (χ1n) is 9.02. The van der Waals surface area contributed by atoms with E-state index in [0.29, 0.717) is 45.4 Å². The average Bonchev–Trinajstić information content (AvgIpc) is 3.44. The molecule has 0 radical (unpaired) electrons. The SMILES string of the molecule is O=C(NCc1ccco1)c1csc(-c2ccc(OCc3ccc(Cl)cc3)cc2Cl)n1. The highest BCUT2D eigenvalue weighted by molar-refractivity contribution is 7.13. The Morgan fingerprint density at radius 3 is 2.70 bits per heavy atom. The monoisotopic (exact) mass is 458 g/mol. The Morgan fingerprint density at radius 2 is 1.97 bits per heavy atom. The molecule has 2 aromatic heterocycles. The van der Waals surface area contributed by atoms with Crippen LogP contribution in [0.15, 0.2) is 70.7 Å². The summed E-state index contributed by atoms with van der Waals surface area (Å²) in [6.45, 7) is 0.711. The van der Waals surface area contributed by atoms with E-state index in [2.05, 4.69) is 10.3 Å². The van der Waals surface area contributed by atoms with Gasteiger partial charge in [0, 0.05) is 16.0 Å². The summed E-state index contributed by atoms with van der Waals surface area (Å²) in [6.07, 6.45) is 1.56. The molecule has 0 aliphatic carbocycles. The lowest BCUT2D eigenvalue weighted by atomic mass is 10.2. The first kappa shape index (κ1) is 20.5. The predicted molar refractivity (Wildman–Crippen MR) is 118 cm³/mol. The largest absolute Gasteiger partial charge is 0.489 e. The molecule has 0 spiro atoms. The van der Waals surface area contributed by atoms with Gasteiger partial charge in [0.25, 0.3) is 5.91 Å². The van der Waals surface area contributed by atoms with Crippen LogP contribution in [0.1, 0.15) is 21.8 Å². The molecule has 152 valence electrons. The highest BCUT2D eigenvalue weighted by Crippen LogP contribution is 2.33. The summed E-state index contributed by atoms with van der Waals surface area (Å²) < 4.78 is 11.0. The van der Waals surface area contributed by atoms with E-state index >= 15 is 0 Å². The summed E-state index contributed by atoms with van der Waals surface area (Å²) in [5, 5.41) is 6.32. The molecule has 1 amide bonds. The van der Waals surface area contributed by atoms with Crippen LogP contribution in [-0.4, -0.2) is 10.9 Å². The lowest BCUT2D eigenvalue weighted by Crippen LogP contribution is -2.22. The number of ether oxygens (including phenoxy) is 1. The maximum absolute atomic E-state index is 12.3. The summed E-state index contributed by atoms with van der Waals surface area (Å²) in [4.78, 5) is 16.7. The number of hydrogen-bond donors (Lipinski definition) is 1. The van der Waals surface area contributed by atoms with Crippen LogP contribution in [-0.2, 0) is 13.2 Å². The number of furan rings is 1. The Labute approximate surface area is 187 Å². The molecule has 0 unspecified atom stereocenters. The minimum absolute atomic E-state index is 0.270. The van der Waals surface area contributed by atoms with Crippen LogP contribution in [0.25, 0.3) is 10.6 Å². The number of amides is 1. The number of thiazole rings is 1. The van der Waals surface area contributed by atoms with Crippen LogP contribution in [0.5, 0.6) is 5.75 Å². The maximum atomic E-state index is 12.3. The third kappa shape index (κ3) is 5.02. The van der Waals surface area contributed by atoms with Gasteiger partial charge in [0.05, 0.1) is 17.8 Å². The molecule has 0 aliphatic heterocycles. The van der Waals surface area contributed by atoms with Crippen molar-refractivity contribution in [1.82, 2.24) is 10.3 Å². The Kier molecular flexibility index (Phi) is 6.38. The van der Waals surface area contributed by atoms with Gasteiger partial charge in [0.1, 0.15) is 28.8 Å². The Hall–Kier alpha value is -2.80. The first-order valence-corrected chi connectivity index (χ1v) is 10.7. The van der Waals surface area contributed by atoms with Crippen LogP contribution >= 0.6 is 34.5 Å². The number of benzene rings is 2. The summed E-state index contributed by atoms with van der Waals surface area (Å²) in [5.74, 6) is 1.05. The molecule has 5 nitrogen and oxygen atoms in total. The Morgan fingerprint density at radius 1 is 1.13 bits per heavy atom. The Balaban J connectivity index is 1.40. The fourth-order valence-corrected chi connectivity index (χ4v) is 3.96. The number of nitrogens with zero attached hydrogens (tertiary/aromatic N) is 1. The minimum Gasteiger partial charge on any atom is -0.489 e. The second-order valence-corrected chi connectivity index (χ2v) is 8.06. The molecule has 4 rings (SSSR count). The summed E-state index contributed by atoms with van der Waals surface area (Å²) in [7, 11) is 0. The van der Waals surface area contributed by atoms with Crippen molar-refractivity contribution in [2.45, 2.75) is 13.2 Å². The predicted octanol–water partition coefficient (Wildman–Crippen LogP) is 6.22. The van der Waals surface area contributed by atoms with Gasteiger partial charge >= 0.3 is 0 Å². The lowest BCUT2D eigenvalue weighted by Gasteiger charge is -2.08. The van der Waals surface area contributed by atoms with Gasteiger partial charge in [-0.15, -0.1) is 11.3 Å². The van der Waals surface area contributed by atoms with Gasteiger partial charge in [-0.05, 0) is 48.0 Å². The molecular weight excluding hydrogens is 443 g/mol. The van der Waals surface area contributed by atoms with Crippen molar-refractivity contribution in [1.29, 1.82) is 0 Å². The first-order chi connectivity index (χ1) is 14.6. The number of hydrogen-bond acceptors (Lipinski definition) is 5. The van der Waals surface area contributed by atoms with Crippen LogP contribution in [0.2, 0.25) is 10.0 Å². The van der Waals surface area contributed by atoms with Crippen LogP contribution in [0.3, 0.4) is 0 Å². The van der Waals surface area contributed by atoms with E-state index in [9.17, 15) is 4.79 Å². The topological polar surface area (TPSA) is 64.4 Å². The number of rotatable bonds is 7. The van der Waals surface area contributed by atoms with Crippen molar-refractivity contribution in [3.8, 4) is 16.3 Å². The van der Waals surface area contributed by atoms with Gasteiger partial charge < -0.3 is 14.5 Å². The van der Waals surface area contributed by atoms with E-state index in [4.69, 9.17) is 32.4 Å². The molecule has 2 aromatic carbocycles. The second kappa shape index (κ2) is 9.34. The molecule has 30 heavy (non-hydrogen) atoms. The second-order valence-electron chi connectivity index (χ2n) is 6.36. The third-order valence-corrected chi connectivity index (χ3v) is 5.67. The van der Waals surface area contributed by atoms with E-state index in [1.165, 1.54) is 11.3 Å². The smallest absolute Gasteiger partial charge is 0.271 e. The standard InChI is InChI=1S/C22H16Cl2N2O3S/c23-15-5-3-14(4-6-15)12-29-16-7-8-18(19(24)10-16)22-26-20(13-30-22)21(27)25-11-17-2-1-9-28-17/h1-10,13H,11-12H2,(H,25,27). The van der Waals surface area contributed by atoms with Crippen LogP contribution in [0, 0.1) is 0 Å². The molecule has 1 N–H and O–H groups in total. The highest BCUT2D eigenvalue weighted by atomic mass is 35.5. The zero-order valence-corrected chi connectivity index (χ0v) is 17.9. The number of carbonyl (C=O) groups is 1. The fourth-order valence-electron chi connectivity index (χ4n) is 2.68. The summed E-state index contributed by atoms with van der Waals surface area (Å²) in [5.41, 5.74) is 2.08. The van der Waals surface area contributed by atoms with Gasteiger partial charge in [0.2, 0.25) is 0 Å². The van der Waals surface area contributed by atoms with E-state index < -0.39 is 0 Å². The van der Waals surface area contributed by atoms with Gasteiger partial charge in [-0.2, -0.15) is 0 Å². The fraction of sp³-hybridized carbons (Fsp3) is 0.0909. The number of carbonyl (C=O) groups excluding carboxylic acids is 1. The molecule has 8 heteroatoms. The maximum Gasteiger partial charge on any atom is 0.271 e. The zero-order chi connectivity index (χ0) is 20.9. The zero-order valence-electron chi connectivity index (χ0n) is 15.6. The van der Waals surface area contributed by atoms with Crippen LogP contribution in [0.4, 0.5) is 0 Å². The Bertz CT molecular complexity index is 1140. The van der Waals surface area contributed by atoms with Crippen molar-refractivity contribution < 1.29 is 13.9 Å². The molecule has 2 heterocycles. The van der Waals surface area contributed by atoms with Crippen molar-refractivity contribution in [2.24, 2.45) is 0 Å². The molecule has 0 bridgehead atoms. The molecular formula is C22H16Cl2N2O3S. The number of nitrogens with one attached hydrogen (secondary N) is 1. The van der Waals surface area contributed by atoms with E-state index in [0.717, 1.165) is 11.1 Å². The van der Waals surface area contributed by atoms with Gasteiger partial charge in [-0.1, -0.05) is 35.3 Å². The number of halogens is 2. The highest BCUT2D eigenvalue weighted by Gasteiger charge is 2.14.